The van der Waals surface area contributed by atoms with E-state index in [2.05, 4.69) is 37.4 Å². The lowest BCUT2D eigenvalue weighted by atomic mass is 10.1. The zero-order chi connectivity index (χ0) is 33.6. The first-order valence-corrected chi connectivity index (χ1v) is 15.6. The van der Waals surface area contributed by atoms with Gasteiger partial charge in [-0.25, -0.2) is 14.7 Å². The Kier molecular flexibility index (Phi) is 13.4. The number of carboxylic acid groups (broad SMARTS) is 1. The molecule has 2 amide bonds. The van der Waals surface area contributed by atoms with E-state index in [4.69, 9.17) is 18.9 Å². The average molecular weight is 652 g/mol. The number of hydrogen-bond acceptors (Lipinski definition) is 11. The molecule has 0 spiro atoms. The van der Waals surface area contributed by atoms with Gasteiger partial charge in [0.25, 0.3) is 0 Å². The second kappa shape index (κ2) is 17.9. The zero-order valence-electron chi connectivity index (χ0n) is 27.5. The number of benzene rings is 2. The van der Waals surface area contributed by atoms with E-state index in [1.807, 2.05) is 6.07 Å². The van der Waals surface area contributed by atoms with Gasteiger partial charge in [0.1, 0.15) is 5.82 Å². The zero-order valence-corrected chi connectivity index (χ0v) is 27.5. The fourth-order valence-electron chi connectivity index (χ4n) is 5.14. The molecule has 14 nitrogen and oxygen atoms in total. The number of amides is 2. The number of piperazine rings is 1. The second-order valence-electron chi connectivity index (χ2n) is 11.1. The molecule has 14 heteroatoms. The highest BCUT2D eigenvalue weighted by molar-refractivity contribution is 5.94. The van der Waals surface area contributed by atoms with Crippen LogP contribution < -0.4 is 29.7 Å². The first-order valence-electron chi connectivity index (χ1n) is 15.6. The third-order valence-electron chi connectivity index (χ3n) is 7.67. The minimum Gasteiger partial charge on any atom is -0.493 e. The van der Waals surface area contributed by atoms with E-state index < -0.39 is 6.09 Å². The van der Waals surface area contributed by atoms with Crippen molar-refractivity contribution in [2.24, 2.45) is 0 Å². The lowest BCUT2D eigenvalue weighted by molar-refractivity contribution is -0.121. The van der Waals surface area contributed by atoms with Gasteiger partial charge >= 0.3 is 6.09 Å². The molecule has 3 N–H and O–H groups in total. The minimum absolute atomic E-state index is 0.108. The lowest BCUT2D eigenvalue weighted by Gasteiger charge is -2.32. The van der Waals surface area contributed by atoms with Gasteiger partial charge < -0.3 is 44.5 Å². The molecule has 0 saturated carbocycles. The Labute approximate surface area is 275 Å². The van der Waals surface area contributed by atoms with Gasteiger partial charge in [-0.05, 0) is 37.6 Å². The number of likely N-dealkylation sites (N-methyl/N-ethyl adjacent to an activating group) is 1. The first-order chi connectivity index (χ1) is 22.8. The number of aryl methyl sites for hydroxylation is 1. The smallest absolute Gasteiger partial charge is 0.417 e. The van der Waals surface area contributed by atoms with E-state index in [-0.39, 0.29) is 24.1 Å². The number of nitrogens with one attached hydrogen (secondary N) is 2. The Morgan fingerprint density at radius 1 is 1.00 bits per heavy atom. The summed E-state index contributed by atoms with van der Waals surface area (Å²) in [6.45, 7) is 6.52. The number of hydrogen-bond donors (Lipinski definition) is 3. The molecule has 0 bridgehead atoms. The number of carbonyl (C=O) groups excluding carboxylic acids is 1. The molecular weight excluding hydrogens is 606 g/mol. The fourth-order valence-corrected chi connectivity index (χ4v) is 5.14. The van der Waals surface area contributed by atoms with Crippen LogP contribution in [0.1, 0.15) is 18.4 Å². The highest BCUT2D eigenvalue weighted by Gasteiger charge is 2.21. The minimum atomic E-state index is -1.22. The number of ether oxygens (including phenoxy) is 4. The lowest BCUT2D eigenvalue weighted by Crippen LogP contribution is -2.44. The molecule has 0 aliphatic carbocycles. The Balaban J connectivity index is 1.46. The predicted molar refractivity (Wildman–Crippen MR) is 179 cm³/mol. The number of aromatic nitrogens is 2. The highest BCUT2D eigenvalue weighted by atomic mass is 16.5. The molecule has 47 heavy (non-hydrogen) atoms. The van der Waals surface area contributed by atoms with E-state index in [9.17, 15) is 14.7 Å². The van der Waals surface area contributed by atoms with Crippen LogP contribution in [-0.4, -0.2) is 118 Å². The van der Waals surface area contributed by atoms with E-state index in [0.717, 1.165) is 49.6 Å². The summed E-state index contributed by atoms with van der Waals surface area (Å²) < 4.78 is 22.3. The van der Waals surface area contributed by atoms with Crippen molar-refractivity contribution >= 4 is 35.1 Å². The molecule has 1 aliphatic heterocycles. The fraction of sp³-hybridized carbons (Fsp3) is 0.455. The van der Waals surface area contributed by atoms with Crippen LogP contribution in [0, 0.1) is 0 Å². The van der Waals surface area contributed by atoms with Crippen LogP contribution in [0.25, 0.3) is 0 Å². The van der Waals surface area contributed by atoms with Crippen LogP contribution in [0.2, 0.25) is 0 Å². The highest BCUT2D eigenvalue weighted by Crippen LogP contribution is 2.41. The van der Waals surface area contributed by atoms with Gasteiger partial charge in [-0.1, -0.05) is 12.1 Å². The van der Waals surface area contributed by atoms with Gasteiger partial charge in [-0.2, -0.15) is 4.98 Å². The quantitative estimate of drug-likeness (QED) is 0.182. The van der Waals surface area contributed by atoms with Crippen LogP contribution in [0.4, 0.5) is 27.9 Å². The topological polar surface area (TPSA) is 151 Å². The molecule has 0 atom stereocenters. The van der Waals surface area contributed by atoms with Crippen molar-refractivity contribution in [3.8, 4) is 17.2 Å². The van der Waals surface area contributed by atoms with Crippen LogP contribution in [0.3, 0.4) is 0 Å². The Bertz CT molecular complexity index is 1470. The van der Waals surface area contributed by atoms with Crippen molar-refractivity contribution in [1.82, 2.24) is 25.1 Å². The number of methoxy groups -OCH3 is 3. The molecule has 1 aromatic heterocycles. The molecule has 0 radical (unpaired) electrons. The number of rotatable bonds is 17. The van der Waals surface area contributed by atoms with E-state index >= 15 is 0 Å². The molecule has 2 aromatic carbocycles. The summed E-state index contributed by atoms with van der Waals surface area (Å²) in [4.78, 5) is 39.2. The SMILES string of the molecule is COCCNC(=O)CCc1cccc(N(C(=O)O)c2ccnc(Nc3cc(OC)c(OC)c(OCCCN4CCN(C)CC4)c3)n2)c1. The van der Waals surface area contributed by atoms with Gasteiger partial charge in [0, 0.05) is 82.9 Å². The molecule has 4 rings (SSSR count). The summed E-state index contributed by atoms with van der Waals surface area (Å²) in [5.41, 5.74) is 1.77. The molecule has 3 aromatic rings. The first kappa shape index (κ1) is 35.2. The molecule has 1 saturated heterocycles. The van der Waals surface area contributed by atoms with Crippen LogP contribution >= 0.6 is 0 Å². The maximum atomic E-state index is 12.5. The molecular formula is C33H45N7O7. The molecule has 0 unspecified atom stereocenters. The molecule has 1 aliphatic rings. The molecule has 2 heterocycles. The largest absolute Gasteiger partial charge is 0.493 e. The molecule has 254 valence electrons. The van der Waals surface area contributed by atoms with Crippen molar-refractivity contribution in [2.45, 2.75) is 19.3 Å². The summed E-state index contributed by atoms with van der Waals surface area (Å²) in [5.74, 6) is 1.63. The maximum absolute atomic E-state index is 12.5. The summed E-state index contributed by atoms with van der Waals surface area (Å²) in [6, 6.07) is 12.0. The number of anilines is 4. The predicted octanol–water partition coefficient (Wildman–Crippen LogP) is 3.77. The number of carbonyl (C=O) groups is 2. The average Bonchev–Trinajstić information content (AvgIpc) is 3.07. The van der Waals surface area contributed by atoms with Crippen molar-refractivity contribution in [3.05, 3.63) is 54.2 Å². The van der Waals surface area contributed by atoms with Crippen LogP contribution in [0.5, 0.6) is 17.2 Å². The second-order valence-corrected chi connectivity index (χ2v) is 11.1. The van der Waals surface area contributed by atoms with E-state index in [1.165, 1.54) is 12.3 Å². The van der Waals surface area contributed by atoms with Crippen molar-refractivity contribution < 1.29 is 33.6 Å². The van der Waals surface area contributed by atoms with Crippen molar-refractivity contribution in [1.29, 1.82) is 0 Å². The summed E-state index contributed by atoms with van der Waals surface area (Å²) >= 11 is 0. The standard InChI is InChI=1S/C33H45N7O7/c1-38-15-17-39(18-16-38)14-6-19-47-28-23-25(22-27(45-3)31(28)46-4)36-32-35-12-11-29(37-32)40(33(42)43)26-8-5-7-24(21-26)9-10-30(41)34-13-20-44-2/h5,7-8,11-12,21-23H,6,9-10,13-20H2,1-4H3,(H,34,41)(H,42,43)(H,35,36,37). The number of nitrogens with zero attached hydrogens (tertiary/aromatic N) is 5. The Hall–Kier alpha value is -4.66. The summed E-state index contributed by atoms with van der Waals surface area (Å²) in [5, 5.41) is 16.1. The van der Waals surface area contributed by atoms with Gasteiger partial charge in [-0.3, -0.25) is 4.79 Å². The third kappa shape index (κ3) is 10.4. The van der Waals surface area contributed by atoms with Gasteiger partial charge in [0.15, 0.2) is 11.5 Å². The Morgan fingerprint density at radius 2 is 1.79 bits per heavy atom. The normalized spacial score (nSPS) is 13.5. The van der Waals surface area contributed by atoms with Crippen LogP contribution in [-0.2, 0) is 16.0 Å². The summed E-state index contributed by atoms with van der Waals surface area (Å²) in [7, 11) is 6.81. The molecule has 1 fully saturated rings. The van der Waals surface area contributed by atoms with Crippen LogP contribution in [0.15, 0.2) is 48.7 Å². The monoisotopic (exact) mass is 651 g/mol. The van der Waals surface area contributed by atoms with Crippen molar-refractivity contribution in [3.63, 3.8) is 0 Å². The van der Waals surface area contributed by atoms with E-state index in [0.29, 0.717) is 54.8 Å². The van der Waals surface area contributed by atoms with Gasteiger partial charge in [0.05, 0.1) is 33.1 Å². The van der Waals surface area contributed by atoms with E-state index in [1.54, 1.807) is 51.7 Å². The Morgan fingerprint density at radius 3 is 2.51 bits per heavy atom. The van der Waals surface area contributed by atoms with Gasteiger partial charge in [-0.15, -0.1) is 0 Å². The maximum Gasteiger partial charge on any atom is 0.417 e. The van der Waals surface area contributed by atoms with Crippen molar-refractivity contribution in [2.75, 3.05) is 91.1 Å². The summed E-state index contributed by atoms with van der Waals surface area (Å²) in [6.07, 6.45) is 1.81. The van der Waals surface area contributed by atoms with Gasteiger partial charge in [0.2, 0.25) is 17.6 Å². The third-order valence-corrected chi connectivity index (χ3v) is 7.67.